The fourth-order valence-corrected chi connectivity index (χ4v) is 1.21. The van der Waals surface area contributed by atoms with E-state index in [1.165, 1.54) is 12.1 Å². The number of aliphatic hydroxyl groups is 1. The van der Waals surface area contributed by atoms with E-state index in [-0.39, 0.29) is 23.6 Å². The van der Waals surface area contributed by atoms with Crippen LogP contribution in [-0.2, 0) is 0 Å². The summed E-state index contributed by atoms with van der Waals surface area (Å²) < 4.78 is 5.31. The maximum Gasteiger partial charge on any atom is 0.270 e. The SMILES string of the molecule is CCC(C)(O)COc1ccc([N+](=O)[O-])cc1C=O. The molecule has 1 rings (SSSR count). The second-order valence-corrected chi connectivity index (χ2v) is 4.24. The van der Waals surface area contributed by atoms with E-state index >= 15 is 0 Å². The standard InChI is InChI=1S/C12H15NO5/c1-3-12(2,15)8-18-11-5-4-10(13(16)17)6-9(11)7-14/h4-7,15H,3,8H2,1-2H3. The molecule has 0 saturated carbocycles. The molecule has 1 unspecified atom stereocenters. The summed E-state index contributed by atoms with van der Waals surface area (Å²) in [6.45, 7) is 3.43. The smallest absolute Gasteiger partial charge is 0.270 e. The summed E-state index contributed by atoms with van der Waals surface area (Å²) in [5, 5.41) is 20.3. The fourth-order valence-electron chi connectivity index (χ4n) is 1.21. The van der Waals surface area contributed by atoms with E-state index in [2.05, 4.69) is 0 Å². The third kappa shape index (κ3) is 3.53. The van der Waals surface area contributed by atoms with Crippen LogP contribution in [0.4, 0.5) is 5.69 Å². The molecular formula is C12H15NO5. The number of aldehydes is 1. The van der Waals surface area contributed by atoms with Crippen molar-refractivity contribution in [2.24, 2.45) is 0 Å². The second kappa shape index (κ2) is 5.59. The summed E-state index contributed by atoms with van der Waals surface area (Å²) in [6.07, 6.45) is 0.986. The van der Waals surface area contributed by atoms with Crippen molar-refractivity contribution in [2.45, 2.75) is 25.9 Å². The van der Waals surface area contributed by atoms with Crippen molar-refractivity contribution >= 4 is 12.0 Å². The maximum atomic E-state index is 10.8. The zero-order valence-electron chi connectivity index (χ0n) is 10.3. The van der Waals surface area contributed by atoms with Gasteiger partial charge in [-0.2, -0.15) is 0 Å². The van der Waals surface area contributed by atoms with Gasteiger partial charge in [-0.05, 0) is 19.4 Å². The van der Waals surface area contributed by atoms with Gasteiger partial charge >= 0.3 is 0 Å². The topological polar surface area (TPSA) is 89.7 Å². The van der Waals surface area contributed by atoms with Crippen molar-refractivity contribution in [3.63, 3.8) is 0 Å². The van der Waals surface area contributed by atoms with E-state index in [1.807, 2.05) is 0 Å². The quantitative estimate of drug-likeness (QED) is 0.475. The molecule has 0 aliphatic carbocycles. The molecule has 98 valence electrons. The molecule has 0 spiro atoms. The zero-order chi connectivity index (χ0) is 13.8. The first-order chi connectivity index (χ1) is 8.39. The summed E-state index contributed by atoms with van der Waals surface area (Å²) in [5.41, 5.74) is -1.08. The van der Waals surface area contributed by atoms with Gasteiger partial charge in [0.25, 0.3) is 5.69 Å². The highest BCUT2D eigenvalue weighted by molar-refractivity contribution is 5.80. The molecule has 0 saturated heterocycles. The first-order valence-electron chi connectivity index (χ1n) is 5.48. The molecule has 1 aromatic carbocycles. The number of hydrogen-bond donors (Lipinski definition) is 1. The van der Waals surface area contributed by atoms with Crippen molar-refractivity contribution in [3.05, 3.63) is 33.9 Å². The highest BCUT2D eigenvalue weighted by Crippen LogP contribution is 2.24. The minimum absolute atomic E-state index is 0.0160. The summed E-state index contributed by atoms with van der Waals surface area (Å²) in [7, 11) is 0. The lowest BCUT2D eigenvalue weighted by molar-refractivity contribution is -0.384. The Balaban J connectivity index is 2.90. The van der Waals surface area contributed by atoms with Gasteiger partial charge in [-0.1, -0.05) is 6.92 Å². The summed E-state index contributed by atoms with van der Waals surface area (Å²) >= 11 is 0. The van der Waals surface area contributed by atoms with Gasteiger partial charge in [0, 0.05) is 12.1 Å². The van der Waals surface area contributed by atoms with Gasteiger partial charge in [-0.3, -0.25) is 14.9 Å². The third-order valence-corrected chi connectivity index (χ3v) is 2.63. The van der Waals surface area contributed by atoms with Crippen LogP contribution in [0.1, 0.15) is 30.6 Å². The third-order valence-electron chi connectivity index (χ3n) is 2.63. The van der Waals surface area contributed by atoms with Gasteiger partial charge in [-0.15, -0.1) is 0 Å². The first-order valence-corrected chi connectivity index (χ1v) is 5.48. The van der Waals surface area contributed by atoms with Crippen LogP contribution in [0.2, 0.25) is 0 Å². The predicted octanol–water partition coefficient (Wildman–Crippen LogP) is 1.95. The number of carbonyl (C=O) groups is 1. The Hall–Kier alpha value is -1.95. The molecule has 1 atom stereocenters. The van der Waals surface area contributed by atoms with Gasteiger partial charge in [0.05, 0.1) is 16.1 Å². The number of rotatable bonds is 6. The molecule has 6 nitrogen and oxygen atoms in total. The summed E-state index contributed by atoms with van der Waals surface area (Å²) in [6, 6.07) is 3.75. The lowest BCUT2D eigenvalue weighted by Gasteiger charge is -2.21. The largest absolute Gasteiger partial charge is 0.490 e. The molecule has 1 N–H and O–H groups in total. The Bertz CT molecular complexity index is 456. The molecule has 0 aliphatic rings. The molecule has 0 radical (unpaired) electrons. The van der Waals surface area contributed by atoms with Crippen LogP contribution in [-0.4, -0.2) is 28.5 Å². The molecule has 0 bridgehead atoms. The summed E-state index contributed by atoms with van der Waals surface area (Å²) in [4.78, 5) is 20.8. The number of carbonyl (C=O) groups excluding carboxylic acids is 1. The molecule has 0 amide bonds. The summed E-state index contributed by atoms with van der Waals surface area (Å²) in [5.74, 6) is 0.226. The number of nitrogens with zero attached hydrogens (tertiary/aromatic N) is 1. The van der Waals surface area contributed by atoms with Crippen LogP contribution < -0.4 is 4.74 Å². The Morgan fingerprint density at radius 3 is 2.72 bits per heavy atom. The van der Waals surface area contributed by atoms with E-state index in [0.29, 0.717) is 12.7 Å². The van der Waals surface area contributed by atoms with Crippen molar-refractivity contribution in [1.29, 1.82) is 0 Å². The number of nitro groups is 1. The number of ether oxygens (including phenoxy) is 1. The maximum absolute atomic E-state index is 10.8. The molecule has 0 fully saturated rings. The Kier molecular flexibility index (Phi) is 4.38. The van der Waals surface area contributed by atoms with E-state index in [4.69, 9.17) is 4.74 Å². The Morgan fingerprint density at radius 1 is 1.56 bits per heavy atom. The molecule has 0 aromatic heterocycles. The van der Waals surface area contributed by atoms with Crippen LogP contribution in [0.15, 0.2) is 18.2 Å². The molecular weight excluding hydrogens is 238 g/mol. The van der Waals surface area contributed by atoms with Crippen LogP contribution >= 0.6 is 0 Å². The molecule has 1 aromatic rings. The van der Waals surface area contributed by atoms with Crippen LogP contribution in [0.25, 0.3) is 0 Å². The zero-order valence-corrected chi connectivity index (χ0v) is 10.3. The average Bonchev–Trinajstić information content (AvgIpc) is 2.36. The van der Waals surface area contributed by atoms with Gasteiger partial charge in [0.2, 0.25) is 0 Å². The minimum Gasteiger partial charge on any atom is -0.490 e. The van der Waals surface area contributed by atoms with Crippen molar-refractivity contribution in [1.82, 2.24) is 0 Å². The van der Waals surface area contributed by atoms with E-state index in [9.17, 15) is 20.0 Å². The number of benzene rings is 1. The fraction of sp³-hybridized carbons (Fsp3) is 0.417. The second-order valence-electron chi connectivity index (χ2n) is 4.24. The van der Waals surface area contributed by atoms with Crippen molar-refractivity contribution in [3.8, 4) is 5.75 Å². The van der Waals surface area contributed by atoms with Crippen molar-refractivity contribution < 1.29 is 19.6 Å². The van der Waals surface area contributed by atoms with Gasteiger partial charge in [0.15, 0.2) is 6.29 Å². The van der Waals surface area contributed by atoms with E-state index in [1.54, 1.807) is 13.8 Å². The number of nitro benzene ring substituents is 1. The Morgan fingerprint density at radius 2 is 2.22 bits per heavy atom. The van der Waals surface area contributed by atoms with Crippen LogP contribution in [0.5, 0.6) is 5.75 Å². The predicted molar refractivity (Wildman–Crippen MR) is 64.9 cm³/mol. The Labute approximate surface area is 104 Å². The lowest BCUT2D eigenvalue weighted by atomic mass is 10.1. The highest BCUT2D eigenvalue weighted by Gasteiger charge is 2.20. The molecule has 0 heterocycles. The lowest BCUT2D eigenvalue weighted by Crippen LogP contribution is -2.31. The monoisotopic (exact) mass is 253 g/mol. The van der Waals surface area contributed by atoms with Gasteiger partial charge < -0.3 is 9.84 Å². The van der Waals surface area contributed by atoms with Crippen molar-refractivity contribution in [2.75, 3.05) is 6.61 Å². The van der Waals surface area contributed by atoms with Crippen LogP contribution in [0.3, 0.4) is 0 Å². The van der Waals surface area contributed by atoms with Gasteiger partial charge in [0.1, 0.15) is 12.4 Å². The minimum atomic E-state index is -0.998. The number of non-ortho nitro benzene ring substituents is 1. The van der Waals surface area contributed by atoms with E-state index < -0.39 is 10.5 Å². The first kappa shape index (κ1) is 14.1. The molecule has 6 heteroatoms. The molecule has 0 aliphatic heterocycles. The van der Waals surface area contributed by atoms with E-state index in [0.717, 1.165) is 6.07 Å². The van der Waals surface area contributed by atoms with Gasteiger partial charge in [-0.25, -0.2) is 0 Å². The number of hydrogen-bond acceptors (Lipinski definition) is 5. The average molecular weight is 253 g/mol. The van der Waals surface area contributed by atoms with Crippen LogP contribution in [0, 0.1) is 10.1 Å². The highest BCUT2D eigenvalue weighted by atomic mass is 16.6. The molecule has 18 heavy (non-hydrogen) atoms. The normalized spacial score (nSPS) is 13.7.